The number of carbonyl (C=O) groups is 1. The Hall–Kier alpha value is -3.11. The van der Waals surface area contributed by atoms with Crippen LogP contribution in [0.25, 0.3) is 0 Å². The summed E-state index contributed by atoms with van der Waals surface area (Å²) < 4.78 is 5.26. The summed E-state index contributed by atoms with van der Waals surface area (Å²) in [6, 6.07) is 25.1. The summed E-state index contributed by atoms with van der Waals surface area (Å²) in [6.07, 6.45) is 0.765. The van der Waals surface area contributed by atoms with E-state index >= 15 is 0 Å². The van der Waals surface area contributed by atoms with Crippen LogP contribution >= 0.6 is 0 Å². The summed E-state index contributed by atoms with van der Waals surface area (Å²) >= 11 is 0. The molecule has 1 saturated heterocycles. The van der Waals surface area contributed by atoms with Gasteiger partial charge in [-0.15, -0.1) is 0 Å². The summed E-state index contributed by atoms with van der Waals surface area (Å²) in [5.74, 6) is 1.04. The third-order valence-corrected chi connectivity index (χ3v) is 6.16. The molecule has 4 heteroatoms. The van der Waals surface area contributed by atoms with Crippen LogP contribution in [0.2, 0.25) is 0 Å². The average molecular weight is 415 g/mol. The molecule has 31 heavy (non-hydrogen) atoms. The lowest BCUT2D eigenvalue weighted by Crippen LogP contribution is -2.33. The highest BCUT2D eigenvalue weighted by Crippen LogP contribution is 2.33. The van der Waals surface area contributed by atoms with E-state index in [9.17, 15) is 4.79 Å². The summed E-state index contributed by atoms with van der Waals surface area (Å²) in [6.45, 7) is 6.15. The quantitative estimate of drug-likeness (QED) is 0.551. The van der Waals surface area contributed by atoms with Gasteiger partial charge in [0.15, 0.2) is 0 Å². The zero-order valence-electron chi connectivity index (χ0n) is 18.5. The maximum absolute atomic E-state index is 13.1. The van der Waals surface area contributed by atoms with Crippen molar-refractivity contribution >= 4 is 5.91 Å². The van der Waals surface area contributed by atoms with Gasteiger partial charge < -0.3 is 9.64 Å². The molecule has 0 spiro atoms. The fraction of sp³-hybridized carbons (Fsp3) is 0.296. The first-order chi connectivity index (χ1) is 15.0. The molecule has 0 N–H and O–H groups in total. The van der Waals surface area contributed by atoms with Crippen LogP contribution in [0.4, 0.5) is 0 Å². The highest BCUT2D eigenvalue weighted by Gasteiger charge is 2.38. The normalized spacial score (nSPS) is 16.7. The molecule has 1 unspecified atom stereocenters. The lowest BCUT2D eigenvalue weighted by atomic mass is 10.0. The number of aryl methyl sites for hydroxylation is 2. The maximum Gasteiger partial charge on any atom is 0.238 e. The molecule has 0 aliphatic carbocycles. The molecule has 1 fully saturated rings. The van der Waals surface area contributed by atoms with Crippen molar-refractivity contribution < 1.29 is 9.53 Å². The first-order valence-corrected chi connectivity index (χ1v) is 10.8. The number of benzene rings is 3. The molecule has 1 amide bonds. The van der Waals surface area contributed by atoms with Crippen LogP contribution in [0, 0.1) is 13.8 Å². The Labute approximate surface area is 185 Å². The number of hydrogen-bond acceptors (Lipinski definition) is 3. The third-order valence-electron chi connectivity index (χ3n) is 6.16. The minimum Gasteiger partial charge on any atom is -0.497 e. The molecule has 0 bridgehead atoms. The second-order valence-corrected chi connectivity index (χ2v) is 8.29. The van der Waals surface area contributed by atoms with Gasteiger partial charge in [0.25, 0.3) is 0 Å². The van der Waals surface area contributed by atoms with Gasteiger partial charge in [0.05, 0.1) is 13.7 Å². The largest absolute Gasteiger partial charge is 0.497 e. The smallest absolute Gasteiger partial charge is 0.238 e. The second-order valence-electron chi connectivity index (χ2n) is 8.29. The Morgan fingerprint density at radius 2 is 1.65 bits per heavy atom. The van der Waals surface area contributed by atoms with Crippen molar-refractivity contribution in [2.24, 2.45) is 0 Å². The van der Waals surface area contributed by atoms with E-state index in [1.165, 1.54) is 27.8 Å². The number of carbonyl (C=O) groups excluding carboxylic acids is 1. The topological polar surface area (TPSA) is 32.8 Å². The molecule has 3 aromatic carbocycles. The van der Waals surface area contributed by atoms with E-state index in [4.69, 9.17) is 4.74 Å². The molecule has 0 radical (unpaired) electrons. The average Bonchev–Trinajstić information content (AvgIpc) is 3.09. The van der Waals surface area contributed by atoms with Gasteiger partial charge in [0, 0.05) is 13.1 Å². The first-order valence-electron chi connectivity index (χ1n) is 10.8. The van der Waals surface area contributed by atoms with E-state index in [-0.39, 0.29) is 12.1 Å². The molecule has 1 heterocycles. The molecule has 3 aromatic rings. The van der Waals surface area contributed by atoms with Crippen molar-refractivity contribution in [1.82, 2.24) is 9.80 Å². The van der Waals surface area contributed by atoms with E-state index in [2.05, 4.69) is 73.3 Å². The molecule has 1 aliphatic heterocycles. The van der Waals surface area contributed by atoms with E-state index in [0.29, 0.717) is 13.1 Å². The van der Waals surface area contributed by atoms with Crippen molar-refractivity contribution in [2.45, 2.75) is 33.0 Å². The number of rotatable bonds is 7. The lowest BCUT2D eigenvalue weighted by molar-refractivity contribution is -0.128. The Bertz CT molecular complexity index is 1030. The van der Waals surface area contributed by atoms with Crippen LogP contribution in [-0.4, -0.2) is 35.9 Å². The SMILES string of the molecule is COc1ccc(CCN2C(=O)CN(Cc3ccccc3)C2c2ccc(C)c(C)c2)cc1. The van der Waals surface area contributed by atoms with E-state index in [0.717, 1.165) is 18.7 Å². The monoisotopic (exact) mass is 414 g/mol. The Morgan fingerprint density at radius 3 is 2.32 bits per heavy atom. The van der Waals surface area contributed by atoms with Crippen molar-refractivity contribution in [3.05, 3.63) is 101 Å². The van der Waals surface area contributed by atoms with Crippen LogP contribution in [0.15, 0.2) is 72.8 Å². The van der Waals surface area contributed by atoms with Gasteiger partial charge in [0.2, 0.25) is 5.91 Å². The molecule has 0 aromatic heterocycles. The van der Waals surface area contributed by atoms with Gasteiger partial charge >= 0.3 is 0 Å². The zero-order chi connectivity index (χ0) is 21.8. The number of ether oxygens (including phenoxy) is 1. The van der Waals surface area contributed by atoms with Gasteiger partial charge in [-0.1, -0.05) is 60.7 Å². The predicted octanol–water partition coefficient (Wildman–Crippen LogP) is 4.90. The minimum atomic E-state index is -0.0507. The lowest BCUT2D eigenvalue weighted by Gasteiger charge is -2.31. The number of methoxy groups -OCH3 is 1. The van der Waals surface area contributed by atoms with Crippen molar-refractivity contribution in [3.8, 4) is 5.75 Å². The predicted molar refractivity (Wildman–Crippen MR) is 124 cm³/mol. The van der Waals surface area contributed by atoms with Gasteiger partial charge in [0.1, 0.15) is 11.9 Å². The van der Waals surface area contributed by atoms with Gasteiger partial charge in [-0.2, -0.15) is 0 Å². The Balaban J connectivity index is 1.59. The molecular weight excluding hydrogens is 384 g/mol. The van der Waals surface area contributed by atoms with E-state index in [1.54, 1.807) is 7.11 Å². The van der Waals surface area contributed by atoms with E-state index < -0.39 is 0 Å². The molecule has 4 rings (SSSR count). The minimum absolute atomic E-state index is 0.0507. The number of nitrogens with zero attached hydrogens (tertiary/aromatic N) is 2. The Morgan fingerprint density at radius 1 is 0.903 bits per heavy atom. The van der Waals surface area contributed by atoms with Gasteiger partial charge in [-0.05, 0) is 60.2 Å². The van der Waals surface area contributed by atoms with Crippen LogP contribution < -0.4 is 4.74 Å². The maximum atomic E-state index is 13.1. The van der Waals surface area contributed by atoms with Crippen LogP contribution in [0.1, 0.15) is 34.0 Å². The second kappa shape index (κ2) is 9.36. The molecule has 1 atom stereocenters. The highest BCUT2D eigenvalue weighted by atomic mass is 16.5. The van der Waals surface area contributed by atoms with Gasteiger partial charge in [-0.25, -0.2) is 0 Å². The number of amides is 1. The summed E-state index contributed by atoms with van der Waals surface area (Å²) in [4.78, 5) is 17.4. The molecule has 1 aliphatic rings. The standard InChI is InChI=1S/C27H30N2O2/c1-20-9-12-24(17-21(20)2)27-28(18-23-7-5-4-6-8-23)19-26(30)29(27)16-15-22-10-13-25(31-3)14-11-22/h4-14,17,27H,15-16,18-19H2,1-3H3. The zero-order valence-corrected chi connectivity index (χ0v) is 18.5. The molecule has 160 valence electrons. The first kappa shape index (κ1) is 21.1. The molecule has 4 nitrogen and oxygen atoms in total. The molecular formula is C27H30N2O2. The third kappa shape index (κ3) is 4.80. The van der Waals surface area contributed by atoms with E-state index in [1.807, 2.05) is 23.1 Å². The van der Waals surface area contributed by atoms with Crippen LogP contribution in [0.3, 0.4) is 0 Å². The van der Waals surface area contributed by atoms with Crippen molar-refractivity contribution in [1.29, 1.82) is 0 Å². The highest BCUT2D eigenvalue weighted by molar-refractivity contribution is 5.81. The summed E-state index contributed by atoms with van der Waals surface area (Å²) in [5.41, 5.74) is 6.13. The molecule has 0 saturated carbocycles. The van der Waals surface area contributed by atoms with Crippen LogP contribution in [0.5, 0.6) is 5.75 Å². The Kier molecular flexibility index (Phi) is 6.38. The van der Waals surface area contributed by atoms with Gasteiger partial charge in [-0.3, -0.25) is 9.69 Å². The van der Waals surface area contributed by atoms with Crippen molar-refractivity contribution in [2.75, 3.05) is 20.2 Å². The summed E-state index contributed by atoms with van der Waals surface area (Å²) in [7, 11) is 1.67. The fourth-order valence-corrected chi connectivity index (χ4v) is 4.25. The van der Waals surface area contributed by atoms with Crippen molar-refractivity contribution in [3.63, 3.8) is 0 Å². The number of hydrogen-bond donors (Lipinski definition) is 0. The summed E-state index contributed by atoms with van der Waals surface area (Å²) in [5, 5.41) is 0. The fourth-order valence-electron chi connectivity index (χ4n) is 4.25. The van der Waals surface area contributed by atoms with Crippen LogP contribution in [-0.2, 0) is 17.8 Å².